The van der Waals surface area contributed by atoms with E-state index in [2.05, 4.69) is 86.8 Å². The molecule has 1 aromatic carbocycles. The van der Waals surface area contributed by atoms with Crippen molar-refractivity contribution < 1.29 is 65.0 Å². The number of aliphatic hydroxyl groups is 8. The van der Waals surface area contributed by atoms with Gasteiger partial charge in [-0.3, -0.25) is 9.59 Å². The third kappa shape index (κ3) is 7.47. The van der Waals surface area contributed by atoms with Crippen LogP contribution in [-0.4, -0.2) is 154 Å². The highest BCUT2D eigenvalue weighted by atomic mass is 33.1. The molecule has 28 atom stereocenters. The number of anilines is 1. The summed E-state index contributed by atoms with van der Waals surface area (Å²) in [6, 6.07) is 5.46. The number of benzene rings is 1. The molecule has 8 heterocycles. The molecule has 3 saturated heterocycles. The Labute approximate surface area is 560 Å². The van der Waals surface area contributed by atoms with Crippen LogP contribution in [0.15, 0.2) is 102 Å². The number of fused-ring (bicyclic) bond motifs is 5. The van der Waals surface area contributed by atoms with Crippen LogP contribution in [0.5, 0.6) is 5.75 Å². The standard InChI is InChI=1S/C77H98N2O13S2/c1-41(2)42(3)62-64(92-62)75(89)18-7-11-49-28-55-56-32-60(83)72(35-61(84)70(88,40-81)37-67(55,72)4)66(87)94-93-36-51-23-44-12-13-48-27-50-29-57(69-19-15-47-10-5-6-17-74(47,78-69)54-31-58-45(9-8-22-91-58)26-46(54)34-69)63(85)73(50)38-79(65(86)77(51,73)68(48,33-44)39-80)52-24-43(25-53(82)30-52)14-20-71(49)59(75)16-21-76(56,71)90/h7-9,11-13,15,19,24-27,30,32,41-42,44,46-47,49-51,54-55,57-59,61-64,66,78,80-82,84-85,87-90H,5-6,10,14,16-18,20-23,28-29,31,33-40H2,1-4H3/t42-,44+,46+,47-,49-,50-,51-,54+,55+,57+,58+,59+,61-,62+,63-,64-,66-,67-,68+,69-,70-,71-,72+,73-,74+,75-,76-,77+/m1/s1. The molecule has 11 aliphatic carbocycles. The van der Waals surface area contributed by atoms with E-state index in [1.165, 1.54) is 16.4 Å². The van der Waals surface area contributed by atoms with Crippen molar-refractivity contribution in [1.29, 1.82) is 0 Å². The molecule has 10 N–H and O–H groups in total. The summed E-state index contributed by atoms with van der Waals surface area (Å²) in [5, 5.41) is 122. The number of amides is 1. The summed E-state index contributed by atoms with van der Waals surface area (Å²) < 4.78 is 13.1. The number of nitrogens with one attached hydrogen (secondary N) is 1. The van der Waals surface area contributed by atoms with E-state index in [0.717, 1.165) is 60.5 Å². The molecule has 6 saturated carbocycles. The number of carbonyl (C=O) groups is 2. The number of nitrogens with zero attached hydrogens (tertiary/aromatic N) is 1. The average molecular weight is 1320 g/mol. The smallest absolute Gasteiger partial charge is 0.235 e. The number of aliphatic hydroxyl groups excluding tert-OH is 5. The van der Waals surface area contributed by atoms with Crippen LogP contribution < -0.4 is 10.2 Å². The molecule has 15 nitrogen and oxygen atoms in total. The van der Waals surface area contributed by atoms with Crippen LogP contribution in [0.3, 0.4) is 0 Å². The summed E-state index contributed by atoms with van der Waals surface area (Å²) in [6.45, 7) is 8.00. The average Bonchev–Trinajstić information content (AvgIpc) is 1.42. The second kappa shape index (κ2) is 20.6. The van der Waals surface area contributed by atoms with Crippen LogP contribution >= 0.6 is 21.6 Å². The van der Waals surface area contributed by atoms with Crippen molar-refractivity contribution in [2.24, 2.45) is 104 Å². The molecular weight excluding hydrogens is 1220 g/mol. The van der Waals surface area contributed by atoms with Gasteiger partial charge < -0.3 is 65.6 Å². The number of phenols is 1. The lowest BCUT2D eigenvalue weighted by atomic mass is 9.35. The second-order valence-electron chi connectivity index (χ2n) is 34.5. The minimum Gasteiger partial charge on any atom is -0.508 e. The van der Waals surface area contributed by atoms with E-state index in [9.17, 15) is 46.0 Å². The zero-order chi connectivity index (χ0) is 65.1. The molecule has 20 rings (SSSR count). The summed E-state index contributed by atoms with van der Waals surface area (Å²) in [6.07, 6.45) is 30.0. The molecule has 12 bridgehead atoms. The predicted octanol–water partition coefficient (Wildman–Crippen LogP) is 8.51. The summed E-state index contributed by atoms with van der Waals surface area (Å²) >= 11 is 0. The van der Waals surface area contributed by atoms with E-state index >= 15 is 9.59 Å². The van der Waals surface area contributed by atoms with Crippen molar-refractivity contribution in [1.82, 2.24) is 5.32 Å². The Morgan fingerprint density at radius 1 is 0.840 bits per heavy atom. The summed E-state index contributed by atoms with van der Waals surface area (Å²) in [7, 11) is 2.53. The van der Waals surface area contributed by atoms with Gasteiger partial charge in [0.15, 0.2) is 5.78 Å². The first-order chi connectivity index (χ1) is 44.9. The quantitative estimate of drug-likeness (QED) is 0.0728. The highest BCUT2D eigenvalue weighted by Gasteiger charge is 2.85. The lowest BCUT2D eigenvalue weighted by Gasteiger charge is -2.68. The predicted molar refractivity (Wildman–Crippen MR) is 357 cm³/mol. The molecule has 0 radical (unpaired) electrons. The lowest BCUT2D eigenvalue weighted by molar-refractivity contribution is -0.235. The largest absolute Gasteiger partial charge is 0.508 e. The van der Waals surface area contributed by atoms with Crippen LogP contribution in [0.25, 0.3) is 0 Å². The van der Waals surface area contributed by atoms with Gasteiger partial charge in [0.2, 0.25) is 5.91 Å². The van der Waals surface area contributed by atoms with Crippen molar-refractivity contribution in [3.8, 4) is 5.75 Å². The van der Waals surface area contributed by atoms with Gasteiger partial charge in [-0.1, -0.05) is 123 Å². The van der Waals surface area contributed by atoms with Crippen LogP contribution in [0.1, 0.15) is 136 Å². The first-order valence-corrected chi connectivity index (χ1v) is 38.7. The number of rotatable bonds is 6. The molecule has 0 unspecified atom stereocenters. The second-order valence-corrected chi connectivity index (χ2v) is 37.0. The van der Waals surface area contributed by atoms with E-state index in [4.69, 9.17) is 9.47 Å². The number of allylic oxidation sites excluding steroid dienone is 6. The fourth-order valence-corrected chi connectivity index (χ4v) is 30.2. The van der Waals surface area contributed by atoms with E-state index in [1.807, 2.05) is 17.9 Å². The van der Waals surface area contributed by atoms with Gasteiger partial charge in [0.05, 0.1) is 60.7 Å². The molecule has 506 valence electrons. The van der Waals surface area contributed by atoms with Crippen molar-refractivity contribution >= 4 is 39.0 Å². The highest BCUT2D eigenvalue weighted by Crippen LogP contribution is 2.81. The van der Waals surface area contributed by atoms with Gasteiger partial charge in [-0.25, -0.2) is 0 Å². The number of phenolic OH excluding ortho intramolecular Hbond substituents is 1. The molecule has 0 aromatic heterocycles. The number of piperidine rings is 1. The maximum atomic E-state index is 17.6. The zero-order valence-electron chi connectivity index (χ0n) is 55.0. The van der Waals surface area contributed by atoms with E-state index < -0.39 is 115 Å². The zero-order valence-corrected chi connectivity index (χ0v) is 56.6. The number of aryl methyl sites for hydroxylation is 1. The number of ketones is 1. The number of hydrogen-bond acceptors (Lipinski definition) is 16. The monoisotopic (exact) mass is 1320 g/mol. The van der Waals surface area contributed by atoms with Crippen molar-refractivity contribution in [2.45, 2.75) is 201 Å². The fraction of sp³-hybridized carbons (Fsp3) is 0.714. The molecule has 19 aliphatic rings. The normalized spacial score (nSPS) is 53.8. The third-order valence-corrected chi connectivity index (χ3v) is 34.0. The maximum Gasteiger partial charge on any atom is 0.235 e. The Morgan fingerprint density at radius 3 is 2.49 bits per heavy atom. The highest BCUT2D eigenvalue weighted by molar-refractivity contribution is 8.76. The van der Waals surface area contributed by atoms with E-state index in [1.54, 1.807) is 18.2 Å². The Balaban J connectivity index is 0.820. The SMILES string of the molecule is CC(C)[C@@H](C)[C@@H]1O[C@H]1[C@@]1(O)CC=C[C@@H]2C[C@H]3C4=CC(=O)[C@@]5(C[C@@H](O)[C@](O)(CO)C[C@]35C)[C@H](O)SSC[C@H]3C[C@@H]5C=CC6=C[C@@H]7C[C@H]([C@]89C=C[C@H]%10CCCC[C@@]%10(N8)[C@H]8C[C@@H]%10OCC=CC%10=C[C@H]8C9)[C@@H](O)[C@@]78CN(C(=O)[C@]38[C@]6(CO)C5)c3cc(O)cc(c3)CC[C@]23[C@@H]1CC[C@@]43O. The van der Waals surface area contributed by atoms with Crippen molar-refractivity contribution in [3.05, 3.63) is 107 Å². The van der Waals surface area contributed by atoms with Gasteiger partial charge in [-0.2, -0.15) is 0 Å². The number of hydrogen-bond donors (Lipinski definition) is 10. The first kappa shape index (κ1) is 62.8. The summed E-state index contributed by atoms with van der Waals surface area (Å²) in [5.74, 6) is -1.97. The van der Waals surface area contributed by atoms with Crippen LogP contribution in [0.2, 0.25) is 0 Å². The van der Waals surface area contributed by atoms with E-state index in [0.29, 0.717) is 74.6 Å². The van der Waals surface area contributed by atoms with Gasteiger partial charge in [-0.05, 0) is 201 Å². The molecular formula is C77H98N2O13S2. The number of epoxide rings is 1. The Hall–Kier alpha value is -3.40. The van der Waals surface area contributed by atoms with Gasteiger partial charge >= 0.3 is 0 Å². The molecule has 1 amide bonds. The lowest BCUT2D eigenvalue weighted by Crippen LogP contribution is -2.76. The third-order valence-electron chi connectivity index (χ3n) is 31.3. The molecule has 8 aliphatic heterocycles. The maximum absolute atomic E-state index is 17.6. The minimum absolute atomic E-state index is 0.0311. The molecule has 94 heavy (non-hydrogen) atoms. The molecule has 17 heteroatoms. The van der Waals surface area contributed by atoms with Crippen LogP contribution in [-0.2, 0) is 25.5 Å². The van der Waals surface area contributed by atoms with Crippen LogP contribution in [0, 0.1) is 104 Å². The first-order valence-electron chi connectivity index (χ1n) is 36.3. The van der Waals surface area contributed by atoms with E-state index in [-0.39, 0.29) is 109 Å². The fourth-order valence-electron chi connectivity index (χ4n) is 27.1. The van der Waals surface area contributed by atoms with Gasteiger partial charge in [0.25, 0.3) is 0 Å². The summed E-state index contributed by atoms with van der Waals surface area (Å²) in [4.78, 5) is 35.7. The Morgan fingerprint density at radius 2 is 1.68 bits per heavy atom. The number of carbonyl (C=O) groups excluding carboxylic acids is 2. The topological polar surface area (TPSA) is 253 Å². The molecule has 9 fully saturated rings. The van der Waals surface area contributed by atoms with Gasteiger partial charge in [-0.15, -0.1) is 0 Å². The number of ether oxygens (including phenoxy) is 2. The van der Waals surface area contributed by atoms with Gasteiger partial charge in [0, 0.05) is 63.2 Å². The van der Waals surface area contributed by atoms with Crippen molar-refractivity contribution in [3.63, 3.8) is 0 Å². The minimum atomic E-state index is -2.06. The Kier molecular flexibility index (Phi) is 13.8. The Bertz CT molecular complexity index is 3640. The molecule has 1 aromatic rings. The number of aromatic hydroxyl groups is 1. The van der Waals surface area contributed by atoms with Crippen LogP contribution in [0.4, 0.5) is 5.69 Å². The van der Waals surface area contributed by atoms with Gasteiger partial charge in [0.1, 0.15) is 28.5 Å². The summed E-state index contributed by atoms with van der Waals surface area (Å²) in [5.41, 5.74) is -11.7. The molecule has 5 spiro atoms. The van der Waals surface area contributed by atoms with Crippen molar-refractivity contribution in [2.75, 3.05) is 37.0 Å².